The number of benzene rings is 1. The highest BCUT2D eigenvalue weighted by atomic mass is 16.5. The average molecular weight is 289 g/mol. The molecule has 2 aromatic rings. The fourth-order valence-electron chi connectivity index (χ4n) is 2.03. The first-order chi connectivity index (χ1) is 10.1. The Hall–Kier alpha value is -2.21. The summed E-state index contributed by atoms with van der Waals surface area (Å²) in [6, 6.07) is 6.39. The molecule has 1 aromatic heterocycles. The SMILES string of the molecule is CCN(CC)CCc1noc(-c2ccc(C(=O)O)cc2)n1. The topological polar surface area (TPSA) is 79.5 Å². The summed E-state index contributed by atoms with van der Waals surface area (Å²) in [6.45, 7) is 7.13. The Bertz CT molecular complexity index is 588. The van der Waals surface area contributed by atoms with Gasteiger partial charge in [-0.15, -0.1) is 0 Å². The third-order valence-corrected chi connectivity index (χ3v) is 3.39. The van der Waals surface area contributed by atoms with Crippen LogP contribution in [0.15, 0.2) is 28.8 Å². The van der Waals surface area contributed by atoms with E-state index in [1.165, 1.54) is 12.1 Å². The van der Waals surface area contributed by atoms with Gasteiger partial charge in [0.25, 0.3) is 5.89 Å². The van der Waals surface area contributed by atoms with Gasteiger partial charge in [0.2, 0.25) is 0 Å². The van der Waals surface area contributed by atoms with Crippen molar-refractivity contribution in [2.45, 2.75) is 20.3 Å². The van der Waals surface area contributed by atoms with E-state index in [1.807, 2.05) is 0 Å². The second-order valence-corrected chi connectivity index (χ2v) is 4.68. The minimum absolute atomic E-state index is 0.236. The van der Waals surface area contributed by atoms with Crippen LogP contribution in [0.4, 0.5) is 0 Å². The third kappa shape index (κ3) is 3.88. The Morgan fingerprint density at radius 3 is 2.48 bits per heavy atom. The molecule has 0 unspecified atom stereocenters. The lowest BCUT2D eigenvalue weighted by molar-refractivity contribution is 0.0697. The lowest BCUT2D eigenvalue weighted by Gasteiger charge is -2.16. The molecule has 0 atom stereocenters. The molecule has 1 N–H and O–H groups in total. The molecule has 0 radical (unpaired) electrons. The molecule has 0 aliphatic rings. The second kappa shape index (κ2) is 6.99. The smallest absolute Gasteiger partial charge is 0.335 e. The van der Waals surface area contributed by atoms with Gasteiger partial charge in [-0.1, -0.05) is 19.0 Å². The van der Waals surface area contributed by atoms with Gasteiger partial charge in [0, 0.05) is 18.5 Å². The molecule has 2 rings (SSSR count). The molecule has 1 heterocycles. The van der Waals surface area contributed by atoms with Crippen molar-refractivity contribution in [2.24, 2.45) is 0 Å². The van der Waals surface area contributed by atoms with Crippen LogP contribution < -0.4 is 0 Å². The Morgan fingerprint density at radius 1 is 1.24 bits per heavy atom. The lowest BCUT2D eigenvalue weighted by Crippen LogP contribution is -2.25. The highest BCUT2D eigenvalue weighted by molar-refractivity contribution is 5.88. The number of nitrogens with zero attached hydrogens (tertiary/aromatic N) is 3. The van der Waals surface area contributed by atoms with E-state index in [1.54, 1.807) is 12.1 Å². The predicted octanol–water partition coefficient (Wildman–Crippen LogP) is 2.32. The maximum Gasteiger partial charge on any atom is 0.335 e. The van der Waals surface area contributed by atoms with Gasteiger partial charge in [0.1, 0.15) is 0 Å². The third-order valence-electron chi connectivity index (χ3n) is 3.39. The first-order valence-corrected chi connectivity index (χ1v) is 7.02. The summed E-state index contributed by atoms with van der Waals surface area (Å²) >= 11 is 0. The van der Waals surface area contributed by atoms with Gasteiger partial charge >= 0.3 is 5.97 Å². The summed E-state index contributed by atoms with van der Waals surface area (Å²) in [5.74, 6) is 0.132. The van der Waals surface area contributed by atoms with E-state index in [2.05, 4.69) is 28.9 Å². The molecule has 21 heavy (non-hydrogen) atoms. The van der Waals surface area contributed by atoms with Crippen molar-refractivity contribution in [3.8, 4) is 11.5 Å². The van der Waals surface area contributed by atoms with E-state index >= 15 is 0 Å². The lowest BCUT2D eigenvalue weighted by atomic mass is 10.1. The zero-order chi connectivity index (χ0) is 15.2. The monoisotopic (exact) mass is 289 g/mol. The van der Waals surface area contributed by atoms with E-state index in [-0.39, 0.29) is 5.56 Å². The van der Waals surface area contributed by atoms with Gasteiger partial charge in [-0.2, -0.15) is 4.98 Å². The molecule has 0 aliphatic heterocycles. The van der Waals surface area contributed by atoms with Crippen molar-refractivity contribution in [1.82, 2.24) is 15.0 Å². The van der Waals surface area contributed by atoms with Crippen LogP contribution in [0.25, 0.3) is 11.5 Å². The Labute approximate surface area is 123 Å². The molecule has 0 fully saturated rings. The Balaban J connectivity index is 2.03. The van der Waals surface area contributed by atoms with Gasteiger partial charge in [-0.3, -0.25) is 0 Å². The van der Waals surface area contributed by atoms with E-state index in [0.717, 1.165) is 31.6 Å². The van der Waals surface area contributed by atoms with Crippen molar-refractivity contribution in [2.75, 3.05) is 19.6 Å². The summed E-state index contributed by atoms with van der Waals surface area (Å²) < 4.78 is 5.22. The van der Waals surface area contributed by atoms with Crippen LogP contribution in [0.3, 0.4) is 0 Å². The van der Waals surface area contributed by atoms with E-state index < -0.39 is 5.97 Å². The van der Waals surface area contributed by atoms with E-state index in [0.29, 0.717) is 11.7 Å². The number of carboxylic acid groups (broad SMARTS) is 1. The highest BCUT2D eigenvalue weighted by Gasteiger charge is 2.11. The normalized spacial score (nSPS) is 11.0. The van der Waals surface area contributed by atoms with Crippen LogP contribution >= 0.6 is 0 Å². The zero-order valence-electron chi connectivity index (χ0n) is 12.2. The van der Waals surface area contributed by atoms with E-state index in [4.69, 9.17) is 9.63 Å². The predicted molar refractivity (Wildman–Crippen MR) is 78.2 cm³/mol. The van der Waals surface area contributed by atoms with Gasteiger partial charge < -0.3 is 14.5 Å². The number of hydrogen-bond donors (Lipinski definition) is 1. The Kier molecular flexibility index (Phi) is 5.05. The van der Waals surface area contributed by atoms with Crippen LogP contribution in [-0.4, -0.2) is 45.8 Å². The number of hydrogen-bond acceptors (Lipinski definition) is 5. The number of likely N-dealkylation sites (N-methyl/N-ethyl adjacent to an activating group) is 1. The summed E-state index contributed by atoms with van der Waals surface area (Å²) in [5.41, 5.74) is 0.960. The first-order valence-electron chi connectivity index (χ1n) is 7.02. The molecule has 0 saturated carbocycles. The quantitative estimate of drug-likeness (QED) is 0.842. The summed E-state index contributed by atoms with van der Waals surface area (Å²) in [7, 11) is 0. The van der Waals surface area contributed by atoms with Crippen LogP contribution in [-0.2, 0) is 6.42 Å². The molecule has 0 saturated heterocycles. The molecule has 0 amide bonds. The number of rotatable bonds is 7. The Morgan fingerprint density at radius 2 is 1.90 bits per heavy atom. The van der Waals surface area contributed by atoms with Crippen molar-refractivity contribution in [3.05, 3.63) is 35.7 Å². The van der Waals surface area contributed by atoms with Crippen LogP contribution in [0.5, 0.6) is 0 Å². The molecular formula is C15H19N3O3. The molecule has 112 valence electrons. The van der Waals surface area contributed by atoms with Crippen molar-refractivity contribution in [1.29, 1.82) is 0 Å². The van der Waals surface area contributed by atoms with Crippen LogP contribution in [0.2, 0.25) is 0 Å². The maximum absolute atomic E-state index is 10.8. The van der Waals surface area contributed by atoms with Gasteiger partial charge in [-0.25, -0.2) is 4.79 Å². The molecule has 0 spiro atoms. The first kappa shape index (κ1) is 15.2. The second-order valence-electron chi connectivity index (χ2n) is 4.68. The minimum atomic E-state index is -0.952. The zero-order valence-corrected chi connectivity index (χ0v) is 12.2. The minimum Gasteiger partial charge on any atom is -0.478 e. The van der Waals surface area contributed by atoms with Gasteiger partial charge in [0.15, 0.2) is 5.82 Å². The standard InChI is InChI=1S/C15H19N3O3/c1-3-18(4-2)10-9-13-16-14(21-17-13)11-5-7-12(8-6-11)15(19)20/h5-8H,3-4,9-10H2,1-2H3,(H,19,20). The average Bonchev–Trinajstić information content (AvgIpc) is 2.97. The molecule has 6 nitrogen and oxygen atoms in total. The molecule has 0 bridgehead atoms. The van der Waals surface area contributed by atoms with Crippen LogP contribution in [0, 0.1) is 0 Å². The maximum atomic E-state index is 10.8. The van der Waals surface area contributed by atoms with Gasteiger partial charge in [0.05, 0.1) is 5.56 Å². The highest BCUT2D eigenvalue weighted by Crippen LogP contribution is 2.18. The number of carbonyl (C=O) groups is 1. The van der Waals surface area contributed by atoms with E-state index in [9.17, 15) is 4.79 Å². The summed E-state index contributed by atoms with van der Waals surface area (Å²) in [5, 5.41) is 12.8. The number of aromatic carboxylic acids is 1. The number of carboxylic acids is 1. The van der Waals surface area contributed by atoms with Crippen molar-refractivity contribution in [3.63, 3.8) is 0 Å². The fourth-order valence-corrected chi connectivity index (χ4v) is 2.03. The summed E-state index contributed by atoms with van der Waals surface area (Å²) in [4.78, 5) is 17.4. The largest absolute Gasteiger partial charge is 0.478 e. The molecular weight excluding hydrogens is 270 g/mol. The summed E-state index contributed by atoms with van der Waals surface area (Å²) in [6.07, 6.45) is 0.735. The fraction of sp³-hybridized carbons (Fsp3) is 0.400. The van der Waals surface area contributed by atoms with Gasteiger partial charge in [-0.05, 0) is 37.4 Å². The molecule has 6 heteroatoms. The van der Waals surface area contributed by atoms with Crippen LogP contribution in [0.1, 0.15) is 30.0 Å². The molecule has 1 aromatic carbocycles. The number of aromatic nitrogens is 2. The van der Waals surface area contributed by atoms with Crippen molar-refractivity contribution < 1.29 is 14.4 Å². The molecule has 0 aliphatic carbocycles. The van der Waals surface area contributed by atoms with Crippen molar-refractivity contribution >= 4 is 5.97 Å².